The molecule has 2 rings (SSSR count). The summed E-state index contributed by atoms with van der Waals surface area (Å²) in [4.78, 5) is 0. The first-order valence-electron chi connectivity index (χ1n) is 7.80. The molecule has 0 aliphatic rings. The molecule has 0 aliphatic carbocycles. The van der Waals surface area contributed by atoms with Gasteiger partial charge in [0.25, 0.3) is 0 Å². The van der Waals surface area contributed by atoms with E-state index in [4.69, 9.17) is 20.7 Å². The van der Waals surface area contributed by atoms with Gasteiger partial charge in [0, 0.05) is 24.3 Å². The molecule has 0 aromatic heterocycles. The van der Waals surface area contributed by atoms with Crippen LogP contribution >= 0.6 is 19.2 Å². The number of hydrogen-bond acceptors (Lipinski definition) is 2. The third kappa shape index (κ3) is 4.47. The molecule has 0 radical (unpaired) electrons. The zero-order chi connectivity index (χ0) is 16.7. The predicted octanol–water partition coefficient (Wildman–Crippen LogP) is 5.72. The first-order valence-corrected chi connectivity index (χ1v) is 9.81. The minimum Gasteiger partial charge on any atom is -0.467 e. The Morgan fingerprint density at radius 2 is 1.83 bits per heavy atom. The minimum atomic E-state index is -0.0860. The molecule has 2 atom stereocenters. The first kappa shape index (κ1) is 18.3. The average Bonchev–Trinajstić information content (AvgIpc) is 2.60. The van der Waals surface area contributed by atoms with E-state index in [1.54, 1.807) is 7.11 Å². The van der Waals surface area contributed by atoms with Crippen LogP contribution in [-0.4, -0.2) is 13.9 Å². The summed E-state index contributed by atoms with van der Waals surface area (Å²) < 4.78 is 11.1. The quantitative estimate of drug-likeness (QED) is 0.448. The lowest BCUT2D eigenvalue weighted by molar-refractivity contribution is 0.0494. The topological polar surface area (TPSA) is 18.5 Å². The Kier molecular flexibility index (Phi) is 6.89. The predicted molar refractivity (Wildman–Crippen MR) is 100 cm³/mol. The summed E-state index contributed by atoms with van der Waals surface area (Å²) in [5, 5.41) is -0.0860. The Labute approximate surface area is 145 Å². The van der Waals surface area contributed by atoms with Crippen molar-refractivity contribution >= 4 is 19.2 Å². The summed E-state index contributed by atoms with van der Waals surface area (Å²) in [6.07, 6.45) is 1.80. The van der Waals surface area contributed by atoms with Crippen molar-refractivity contribution in [3.63, 3.8) is 0 Å². The fraction of sp³-hybridized carbons (Fsp3) is 0.368. The van der Waals surface area contributed by atoms with E-state index in [9.17, 15) is 0 Å². The number of benzene rings is 2. The highest BCUT2D eigenvalue weighted by Gasteiger charge is 2.28. The third-order valence-electron chi connectivity index (χ3n) is 4.17. The Morgan fingerprint density at radius 3 is 2.43 bits per heavy atom. The molecule has 0 amide bonds. The van der Waals surface area contributed by atoms with Crippen molar-refractivity contribution in [1.29, 1.82) is 0 Å². The second kappa shape index (κ2) is 8.68. The molecule has 2 nitrogen and oxygen atoms in total. The number of ether oxygens (including phenoxy) is 2. The summed E-state index contributed by atoms with van der Waals surface area (Å²) in [6, 6.07) is 16.8. The smallest absolute Gasteiger partial charge is 0.188 e. The second-order valence-electron chi connectivity index (χ2n) is 5.79. The van der Waals surface area contributed by atoms with E-state index in [2.05, 4.69) is 56.3 Å². The number of rotatable bonds is 8. The average molecular weight is 351 g/mol. The van der Waals surface area contributed by atoms with Crippen LogP contribution in [-0.2, 0) is 16.3 Å². The van der Waals surface area contributed by atoms with Gasteiger partial charge in [0.1, 0.15) is 5.75 Å². The van der Waals surface area contributed by atoms with Gasteiger partial charge in [0.2, 0.25) is 0 Å². The van der Waals surface area contributed by atoms with E-state index < -0.39 is 0 Å². The van der Waals surface area contributed by atoms with E-state index >= 15 is 0 Å². The van der Waals surface area contributed by atoms with Gasteiger partial charge in [-0.1, -0.05) is 73.6 Å². The van der Waals surface area contributed by atoms with E-state index in [-0.39, 0.29) is 11.9 Å². The number of methoxy groups -OCH3 is 1. The van der Waals surface area contributed by atoms with Crippen molar-refractivity contribution in [3.05, 3.63) is 65.2 Å². The lowest BCUT2D eigenvalue weighted by Gasteiger charge is -2.29. The van der Waals surface area contributed by atoms with Crippen molar-refractivity contribution in [2.45, 2.75) is 31.8 Å². The van der Waals surface area contributed by atoms with Gasteiger partial charge in [-0.15, -0.1) is 0 Å². The minimum absolute atomic E-state index is 0.0860. The van der Waals surface area contributed by atoms with Crippen molar-refractivity contribution in [2.24, 2.45) is 0 Å². The van der Waals surface area contributed by atoms with Crippen LogP contribution in [0.15, 0.2) is 48.5 Å². The van der Waals surface area contributed by atoms with Crippen LogP contribution in [0.25, 0.3) is 0 Å². The summed E-state index contributed by atoms with van der Waals surface area (Å²) in [5.74, 6) is 0.913. The van der Waals surface area contributed by atoms with Crippen molar-refractivity contribution < 1.29 is 9.47 Å². The number of hydrogen-bond donors (Lipinski definition) is 0. The molecular formula is C19H24ClO2P. The molecule has 0 aliphatic heterocycles. The third-order valence-corrected chi connectivity index (χ3v) is 6.46. The summed E-state index contributed by atoms with van der Waals surface area (Å²) in [5.41, 5.74) is 3.59. The maximum absolute atomic E-state index is 6.30. The number of halogens is 1. The van der Waals surface area contributed by atoms with E-state index in [0.717, 1.165) is 18.6 Å². The molecule has 2 aromatic rings. The largest absolute Gasteiger partial charge is 0.467 e. The van der Waals surface area contributed by atoms with Crippen molar-refractivity contribution in [2.75, 3.05) is 13.9 Å². The van der Waals surface area contributed by atoms with Crippen LogP contribution in [0.5, 0.6) is 5.75 Å². The second-order valence-corrected chi connectivity index (χ2v) is 7.65. The van der Waals surface area contributed by atoms with E-state index in [1.165, 1.54) is 16.7 Å². The monoisotopic (exact) mass is 350 g/mol. The van der Waals surface area contributed by atoms with Crippen LogP contribution in [0.3, 0.4) is 0 Å². The van der Waals surface area contributed by atoms with Crippen LogP contribution in [0.4, 0.5) is 0 Å². The van der Waals surface area contributed by atoms with Gasteiger partial charge >= 0.3 is 0 Å². The summed E-state index contributed by atoms with van der Waals surface area (Å²) in [7, 11) is 1.94. The van der Waals surface area contributed by atoms with E-state index in [1.807, 2.05) is 6.07 Å². The van der Waals surface area contributed by atoms with Gasteiger partial charge < -0.3 is 9.47 Å². The van der Waals surface area contributed by atoms with Crippen LogP contribution in [0.2, 0.25) is 0 Å². The highest BCUT2D eigenvalue weighted by Crippen LogP contribution is 2.50. The summed E-state index contributed by atoms with van der Waals surface area (Å²) >= 11 is 6.30. The molecule has 0 heterocycles. The molecule has 0 fully saturated rings. The molecule has 124 valence electrons. The molecule has 0 N–H and O–H groups in total. The van der Waals surface area contributed by atoms with Gasteiger partial charge in [-0.05, 0) is 25.5 Å². The summed E-state index contributed by atoms with van der Waals surface area (Å²) in [6.45, 7) is 4.60. The normalized spacial score (nSPS) is 14.1. The molecule has 0 bridgehead atoms. The lowest BCUT2D eigenvalue weighted by Crippen LogP contribution is -2.17. The first-order chi connectivity index (χ1) is 11.1. The standard InChI is InChI=1S/C19H24ClO2P/c1-4-19(2,23-20)17-12-8-11-16(18(17)22-14-21-3)13-15-9-6-5-7-10-15/h5-12,23H,4,13-14H2,1-3H3. The van der Waals surface area contributed by atoms with E-state index in [0.29, 0.717) is 7.93 Å². The maximum atomic E-state index is 6.30. The van der Waals surface area contributed by atoms with Gasteiger partial charge in [0.15, 0.2) is 6.79 Å². The molecule has 4 heteroatoms. The molecule has 0 saturated heterocycles. The zero-order valence-corrected chi connectivity index (χ0v) is 15.7. The molecular weight excluding hydrogens is 327 g/mol. The highest BCUT2D eigenvalue weighted by molar-refractivity contribution is 7.69. The molecule has 2 unspecified atom stereocenters. The molecule has 0 spiro atoms. The van der Waals surface area contributed by atoms with Crippen LogP contribution in [0.1, 0.15) is 37.0 Å². The van der Waals surface area contributed by atoms with Gasteiger partial charge in [-0.2, -0.15) is 0 Å². The Hall–Kier alpha value is -1.08. The Morgan fingerprint density at radius 1 is 1.09 bits per heavy atom. The van der Waals surface area contributed by atoms with Crippen LogP contribution in [0, 0.1) is 0 Å². The molecule has 2 aromatic carbocycles. The lowest BCUT2D eigenvalue weighted by atomic mass is 9.92. The molecule has 23 heavy (non-hydrogen) atoms. The Bertz CT molecular complexity index is 612. The zero-order valence-electron chi connectivity index (χ0n) is 13.9. The highest BCUT2D eigenvalue weighted by atomic mass is 35.7. The Balaban J connectivity index is 2.45. The maximum Gasteiger partial charge on any atom is 0.188 e. The van der Waals surface area contributed by atoms with Gasteiger partial charge in [-0.25, -0.2) is 0 Å². The molecule has 0 saturated carbocycles. The fourth-order valence-electron chi connectivity index (χ4n) is 2.57. The van der Waals surface area contributed by atoms with Crippen molar-refractivity contribution in [3.8, 4) is 5.75 Å². The number of para-hydroxylation sites is 1. The van der Waals surface area contributed by atoms with Gasteiger partial charge in [-0.3, -0.25) is 0 Å². The van der Waals surface area contributed by atoms with Crippen molar-refractivity contribution in [1.82, 2.24) is 0 Å². The van der Waals surface area contributed by atoms with Crippen LogP contribution < -0.4 is 4.74 Å². The van der Waals surface area contributed by atoms with Gasteiger partial charge in [0.05, 0.1) is 0 Å². The SMILES string of the molecule is CCC(C)(PCl)c1cccc(Cc2ccccc2)c1OCOC. The fourth-order valence-corrected chi connectivity index (χ4v) is 3.71.